The summed E-state index contributed by atoms with van der Waals surface area (Å²) in [4.78, 5) is 28.0. The Morgan fingerprint density at radius 1 is 0.851 bits per heavy atom. The lowest BCUT2D eigenvalue weighted by atomic mass is 9.77. The van der Waals surface area contributed by atoms with Crippen molar-refractivity contribution in [2.75, 3.05) is 24.6 Å². The zero-order valence-corrected chi connectivity index (χ0v) is 29.3. The Morgan fingerprint density at radius 2 is 1.53 bits per heavy atom. The molecular weight excluding hydrogens is 584 g/mol. The number of nitrogens with zero attached hydrogens (tertiary/aromatic N) is 2. The number of allylic oxidation sites excluding steroid dienone is 5. The molecule has 6 nitrogen and oxygen atoms in total. The van der Waals surface area contributed by atoms with Crippen molar-refractivity contribution >= 4 is 28.8 Å². The second kappa shape index (κ2) is 14.5. The number of aliphatic hydroxyl groups is 1. The Balaban J connectivity index is 1.44. The van der Waals surface area contributed by atoms with Crippen LogP contribution in [0.2, 0.25) is 0 Å². The summed E-state index contributed by atoms with van der Waals surface area (Å²) >= 11 is 0. The standard InChI is InChI=1S/C41H52N2O4/c1-7-9-10-11-18-25-42-33-22-16-14-20-31(33)40(3,4)35(42)27-29-38(45)30(39(29)46)28-36-41(5,6)32-21-15-17-23-34(32)43(36)26-19-12-13-24-37(44)47-8-2/h14-17,20-23,27-28H,7-13,18-19,24-26H2,1-6H3/p+1. The number of carbonyl (C=O) groups is 2. The van der Waals surface area contributed by atoms with Gasteiger partial charge in [-0.05, 0) is 57.7 Å². The van der Waals surface area contributed by atoms with Crippen LogP contribution in [0.15, 0.2) is 83.3 Å². The third-order valence-electron chi connectivity index (χ3n) is 10.2. The third-order valence-corrected chi connectivity index (χ3v) is 10.2. The van der Waals surface area contributed by atoms with E-state index in [0.717, 1.165) is 55.9 Å². The molecule has 2 aliphatic heterocycles. The minimum absolute atomic E-state index is 0.0748. The Hall–Kier alpha value is -3.93. The average Bonchev–Trinajstić information content (AvgIpc) is 3.40. The Labute approximate surface area is 281 Å². The lowest BCUT2D eigenvalue weighted by molar-refractivity contribution is -0.438. The summed E-state index contributed by atoms with van der Waals surface area (Å²) in [5.74, 6) is -0.183. The van der Waals surface area contributed by atoms with E-state index in [1.807, 2.05) is 25.1 Å². The normalized spacial score (nSPS) is 19.4. The van der Waals surface area contributed by atoms with Crippen LogP contribution in [-0.2, 0) is 25.2 Å². The van der Waals surface area contributed by atoms with Gasteiger partial charge in [-0.25, -0.2) is 0 Å². The van der Waals surface area contributed by atoms with Crippen LogP contribution < -0.4 is 4.90 Å². The van der Waals surface area contributed by atoms with Crippen LogP contribution in [-0.4, -0.2) is 46.8 Å². The lowest BCUT2D eigenvalue weighted by Crippen LogP contribution is -2.32. The predicted octanol–water partition coefficient (Wildman–Crippen LogP) is 9.16. The van der Waals surface area contributed by atoms with Gasteiger partial charge in [0.1, 0.15) is 12.3 Å². The molecule has 2 heterocycles. The van der Waals surface area contributed by atoms with Crippen molar-refractivity contribution in [1.82, 2.24) is 0 Å². The monoisotopic (exact) mass is 637 g/mol. The summed E-state index contributed by atoms with van der Waals surface area (Å²) in [5.41, 5.74) is 6.99. The van der Waals surface area contributed by atoms with E-state index in [1.54, 1.807) is 0 Å². The molecule has 2 aromatic carbocycles. The SMILES string of the molecule is CCCCCCCN1/C(=C/C2=C(O)C(=C\C3=[N+](CCCCCC(=O)OCC)c4ccccc4C3(C)C)/C2=O)C(C)(C)c2ccccc21. The zero-order chi connectivity index (χ0) is 33.8. The van der Waals surface area contributed by atoms with E-state index in [-0.39, 0.29) is 28.3 Å². The Kier molecular flexibility index (Phi) is 10.6. The first-order valence-electron chi connectivity index (χ1n) is 17.7. The number of ketones is 1. The van der Waals surface area contributed by atoms with Gasteiger partial charge in [0.05, 0.1) is 23.2 Å². The van der Waals surface area contributed by atoms with Crippen LogP contribution in [0.1, 0.15) is 110 Å². The zero-order valence-electron chi connectivity index (χ0n) is 29.3. The molecule has 0 aromatic heterocycles. The largest absolute Gasteiger partial charge is 0.506 e. The number of carbonyl (C=O) groups excluding carboxylic acids is 2. The highest BCUT2D eigenvalue weighted by molar-refractivity contribution is 6.24. The van der Waals surface area contributed by atoms with Crippen LogP contribution in [0, 0.1) is 0 Å². The number of rotatable bonds is 15. The molecule has 0 fully saturated rings. The Bertz CT molecular complexity index is 1640. The van der Waals surface area contributed by atoms with Crippen LogP contribution in [0.3, 0.4) is 0 Å². The first kappa shape index (κ1) is 34.4. The second-order valence-corrected chi connectivity index (χ2v) is 14.2. The molecule has 0 spiro atoms. The molecule has 0 radical (unpaired) electrons. The maximum Gasteiger partial charge on any atom is 0.305 e. The number of Topliss-reactive ketones (excluding diaryl/α,β-unsaturated/α-hetero) is 1. The fourth-order valence-electron chi connectivity index (χ4n) is 7.49. The molecule has 0 bridgehead atoms. The predicted molar refractivity (Wildman–Crippen MR) is 191 cm³/mol. The molecule has 0 unspecified atom stereocenters. The van der Waals surface area contributed by atoms with Gasteiger partial charge in [-0.1, -0.05) is 82.9 Å². The molecule has 3 aliphatic rings. The van der Waals surface area contributed by atoms with Crippen molar-refractivity contribution in [3.63, 3.8) is 0 Å². The number of hydrogen-bond donors (Lipinski definition) is 1. The number of para-hydroxylation sites is 2. The molecule has 0 amide bonds. The molecule has 1 aliphatic carbocycles. The average molecular weight is 638 g/mol. The van der Waals surface area contributed by atoms with Gasteiger partial charge >= 0.3 is 5.97 Å². The minimum Gasteiger partial charge on any atom is -0.506 e. The molecule has 0 saturated heterocycles. The summed E-state index contributed by atoms with van der Waals surface area (Å²) in [5, 5.41) is 11.5. The molecule has 2 aromatic rings. The van der Waals surface area contributed by atoms with E-state index in [0.29, 0.717) is 24.2 Å². The van der Waals surface area contributed by atoms with E-state index in [4.69, 9.17) is 4.74 Å². The second-order valence-electron chi connectivity index (χ2n) is 14.2. The summed E-state index contributed by atoms with van der Waals surface area (Å²) in [6.45, 7) is 14.9. The van der Waals surface area contributed by atoms with E-state index in [2.05, 4.69) is 86.6 Å². The number of esters is 1. The molecule has 250 valence electrons. The molecule has 1 N–H and O–H groups in total. The van der Waals surface area contributed by atoms with Gasteiger partial charge in [0, 0.05) is 53.9 Å². The van der Waals surface area contributed by atoms with Crippen molar-refractivity contribution in [1.29, 1.82) is 0 Å². The Morgan fingerprint density at radius 3 is 2.26 bits per heavy atom. The topological polar surface area (TPSA) is 69.8 Å². The first-order valence-corrected chi connectivity index (χ1v) is 17.7. The van der Waals surface area contributed by atoms with Gasteiger partial charge in [0.15, 0.2) is 5.71 Å². The van der Waals surface area contributed by atoms with Crippen molar-refractivity contribution in [2.24, 2.45) is 0 Å². The van der Waals surface area contributed by atoms with Gasteiger partial charge in [0.25, 0.3) is 0 Å². The van der Waals surface area contributed by atoms with Crippen LogP contribution in [0.4, 0.5) is 11.4 Å². The van der Waals surface area contributed by atoms with Crippen molar-refractivity contribution in [2.45, 2.75) is 110 Å². The number of benzene rings is 2. The highest BCUT2D eigenvalue weighted by Gasteiger charge is 2.47. The number of fused-ring (bicyclic) bond motifs is 2. The van der Waals surface area contributed by atoms with Crippen LogP contribution in [0.5, 0.6) is 0 Å². The molecular formula is C41H53N2O4+. The molecule has 0 saturated carbocycles. The van der Waals surface area contributed by atoms with Crippen LogP contribution >= 0.6 is 0 Å². The van der Waals surface area contributed by atoms with Gasteiger partial charge in [-0.3, -0.25) is 9.59 Å². The van der Waals surface area contributed by atoms with Crippen LogP contribution in [0.25, 0.3) is 0 Å². The minimum atomic E-state index is -0.340. The van der Waals surface area contributed by atoms with E-state index in [9.17, 15) is 14.7 Å². The number of hydrogen-bond acceptors (Lipinski definition) is 5. The highest BCUT2D eigenvalue weighted by Crippen LogP contribution is 2.49. The fraction of sp³-hybridized carbons (Fsp3) is 0.488. The summed E-state index contributed by atoms with van der Waals surface area (Å²) in [6.07, 6.45) is 12.8. The van der Waals surface area contributed by atoms with E-state index < -0.39 is 0 Å². The summed E-state index contributed by atoms with van der Waals surface area (Å²) < 4.78 is 7.37. The van der Waals surface area contributed by atoms with Crippen molar-refractivity contribution in [3.8, 4) is 0 Å². The maximum atomic E-state index is 13.9. The first-order chi connectivity index (χ1) is 22.5. The van der Waals surface area contributed by atoms with Gasteiger partial charge in [-0.15, -0.1) is 0 Å². The number of unbranched alkanes of at least 4 members (excludes halogenated alkanes) is 6. The fourth-order valence-corrected chi connectivity index (χ4v) is 7.49. The van der Waals surface area contributed by atoms with E-state index in [1.165, 1.54) is 42.5 Å². The number of aliphatic hydroxyl groups excluding tert-OH is 1. The number of ether oxygens (including phenoxy) is 1. The van der Waals surface area contributed by atoms with Gasteiger partial charge < -0.3 is 14.7 Å². The van der Waals surface area contributed by atoms with E-state index >= 15 is 0 Å². The number of anilines is 1. The van der Waals surface area contributed by atoms with Crippen molar-refractivity contribution in [3.05, 3.63) is 94.4 Å². The van der Waals surface area contributed by atoms with Gasteiger partial charge in [0.2, 0.25) is 11.5 Å². The molecule has 0 atom stereocenters. The quantitative estimate of drug-likeness (QED) is 0.0913. The summed E-state index contributed by atoms with van der Waals surface area (Å²) in [6, 6.07) is 16.9. The van der Waals surface area contributed by atoms with Crippen molar-refractivity contribution < 1.29 is 24.0 Å². The third kappa shape index (κ3) is 6.75. The molecule has 6 heteroatoms. The molecule has 5 rings (SSSR count). The summed E-state index contributed by atoms with van der Waals surface area (Å²) in [7, 11) is 0. The highest BCUT2D eigenvalue weighted by atomic mass is 16.5. The van der Waals surface area contributed by atoms with Gasteiger partial charge in [-0.2, -0.15) is 4.58 Å². The smallest absolute Gasteiger partial charge is 0.305 e. The maximum absolute atomic E-state index is 13.9. The lowest BCUT2D eigenvalue weighted by Gasteiger charge is -2.29. The molecule has 47 heavy (non-hydrogen) atoms.